The Kier molecular flexibility index (Phi) is 4.47. The molecule has 2 aromatic carbocycles. The number of carbonyl (C=O) groups is 1. The van der Waals surface area contributed by atoms with Gasteiger partial charge in [0.15, 0.2) is 0 Å². The first-order chi connectivity index (χ1) is 13.6. The second-order valence-corrected chi connectivity index (χ2v) is 6.05. The SMILES string of the molecule is O=C(Nc1ccc(-n2nccc2-c2ccc(O)cc2O)cc1)c1ccccn1. The molecule has 2 aromatic heterocycles. The highest BCUT2D eigenvalue weighted by atomic mass is 16.3. The number of aromatic hydroxyl groups is 2. The third-order valence-electron chi connectivity index (χ3n) is 4.17. The second kappa shape index (κ2) is 7.24. The fourth-order valence-electron chi connectivity index (χ4n) is 2.83. The van der Waals surface area contributed by atoms with Crippen molar-refractivity contribution in [1.82, 2.24) is 14.8 Å². The molecule has 7 nitrogen and oxygen atoms in total. The average molecular weight is 372 g/mol. The molecule has 0 aliphatic carbocycles. The molecule has 1 amide bonds. The van der Waals surface area contributed by atoms with Crippen LogP contribution >= 0.6 is 0 Å². The zero-order chi connectivity index (χ0) is 19.5. The number of anilines is 1. The summed E-state index contributed by atoms with van der Waals surface area (Å²) >= 11 is 0. The molecule has 3 N–H and O–H groups in total. The molecule has 2 heterocycles. The fraction of sp³-hybridized carbons (Fsp3) is 0. The number of pyridine rings is 1. The first-order valence-corrected chi connectivity index (χ1v) is 8.51. The number of nitrogens with one attached hydrogen (secondary N) is 1. The summed E-state index contributed by atoms with van der Waals surface area (Å²) in [7, 11) is 0. The molecular weight excluding hydrogens is 356 g/mol. The number of hydrogen-bond acceptors (Lipinski definition) is 5. The van der Waals surface area contributed by atoms with Gasteiger partial charge < -0.3 is 15.5 Å². The molecule has 0 radical (unpaired) electrons. The van der Waals surface area contributed by atoms with Crippen LogP contribution in [0, 0.1) is 0 Å². The molecule has 4 rings (SSSR count). The van der Waals surface area contributed by atoms with E-state index in [9.17, 15) is 15.0 Å². The van der Waals surface area contributed by atoms with Crippen LogP contribution in [0.1, 0.15) is 10.5 Å². The highest BCUT2D eigenvalue weighted by Gasteiger charge is 2.12. The summed E-state index contributed by atoms with van der Waals surface area (Å²) in [5.41, 5.74) is 2.93. The van der Waals surface area contributed by atoms with Gasteiger partial charge in [-0.1, -0.05) is 6.07 Å². The Bertz CT molecular complexity index is 1120. The number of hydrogen-bond donors (Lipinski definition) is 3. The molecule has 7 heteroatoms. The second-order valence-electron chi connectivity index (χ2n) is 6.05. The summed E-state index contributed by atoms with van der Waals surface area (Å²) in [6.45, 7) is 0. The van der Waals surface area contributed by atoms with Crippen LogP contribution in [0.2, 0.25) is 0 Å². The summed E-state index contributed by atoms with van der Waals surface area (Å²) in [4.78, 5) is 16.2. The van der Waals surface area contributed by atoms with Crippen molar-refractivity contribution >= 4 is 11.6 Å². The van der Waals surface area contributed by atoms with Crippen molar-refractivity contribution in [3.05, 3.63) is 84.8 Å². The summed E-state index contributed by atoms with van der Waals surface area (Å²) in [5.74, 6) is -0.344. The maximum absolute atomic E-state index is 12.2. The molecule has 0 saturated heterocycles. The van der Waals surface area contributed by atoms with Crippen molar-refractivity contribution in [2.24, 2.45) is 0 Å². The van der Waals surface area contributed by atoms with E-state index >= 15 is 0 Å². The van der Waals surface area contributed by atoms with Gasteiger partial charge in [-0.05, 0) is 54.6 Å². The number of amides is 1. The third-order valence-corrected chi connectivity index (χ3v) is 4.17. The summed E-state index contributed by atoms with van der Waals surface area (Å²) < 4.78 is 1.66. The zero-order valence-electron chi connectivity index (χ0n) is 14.6. The van der Waals surface area contributed by atoms with Crippen LogP contribution in [0.4, 0.5) is 5.69 Å². The van der Waals surface area contributed by atoms with Gasteiger partial charge in [0.1, 0.15) is 17.2 Å². The van der Waals surface area contributed by atoms with Crippen molar-refractivity contribution < 1.29 is 15.0 Å². The van der Waals surface area contributed by atoms with E-state index in [1.165, 1.54) is 12.1 Å². The lowest BCUT2D eigenvalue weighted by Gasteiger charge is -2.11. The molecule has 0 aliphatic rings. The molecule has 0 spiro atoms. The smallest absolute Gasteiger partial charge is 0.274 e. The van der Waals surface area contributed by atoms with Crippen molar-refractivity contribution in [1.29, 1.82) is 0 Å². The normalized spacial score (nSPS) is 10.6. The van der Waals surface area contributed by atoms with Crippen molar-refractivity contribution in [3.63, 3.8) is 0 Å². The maximum atomic E-state index is 12.2. The van der Waals surface area contributed by atoms with Gasteiger partial charge in [0, 0.05) is 23.5 Å². The zero-order valence-corrected chi connectivity index (χ0v) is 14.6. The number of benzene rings is 2. The van der Waals surface area contributed by atoms with Crippen LogP contribution in [0.15, 0.2) is 79.1 Å². The first kappa shape index (κ1) is 17.3. The van der Waals surface area contributed by atoms with Gasteiger partial charge in [-0.25, -0.2) is 4.68 Å². The molecule has 0 unspecified atom stereocenters. The van der Waals surface area contributed by atoms with Crippen molar-refractivity contribution in [3.8, 4) is 28.4 Å². The van der Waals surface area contributed by atoms with E-state index in [1.54, 1.807) is 59.5 Å². The Morgan fingerprint density at radius 3 is 2.46 bits per heavy atom. The van der Waals surface area contributed by atoms with Crippen molar-refractivity contribution in [2.75, 3.05) is 5.32 Å². The lowest BCUT2D eigenvalue weighted by atomic mass is 10.1. The highest BCUT2D eigenvalue weighted by Crippen LogP contribution is 2.33. The summed E-state index contributed by atoms with van der Waals surface area (Å²) in [6, 6.07) is 18.5. The van der Waals surface area contributed by atoms with E-state index in [2.05, 4.69) is 15.4 Å². The van der Waals surface area contributed by atoms with Gasteiger partial charge >= 0.3 is 0 Å². The number of rotatable bonds is 4. The number of carbonyl (C=O) groups excluding carboxylic acids is 1. The van der Waals surface area contributed by atoms with Gasteiger partial charge in [-0.3, -0.25) is 9.78 Å². The van der Waals surface area contributed by atoms with Crippen LogP contribution in [-0.2, 0) is 0 Å². The Hall–Kier alpha value is -4.13. The Balaban J connectivity index is 1.59. The molecule has 138 valence electrons. The van der Waals surface area contributed by atoms with Gasteiger partial charge in [-0.2, -0.15) is 5.10 Å². The number of aromatic nitrogens is 3. The molecule has 0 aliphatic heterocycles. The quantitative estimate of drug-likeness (QED) is 0.508. The van der Waals surface area contributed by atoms with Crippen LogP contribution in [0.25, 0.3) is 16.9 Å². The minimum absolute atomic E-state index is 0.0136. The van der Waals surface area contributed by atoms with Crippen LogP contribution in [0.3, 0.4) is 0 Å². The minimum atomic E-state index is -0.290. The van der Waals surface area contributed by atoms with Gasteiger partial charge in [0.25, 0.3) is 5.91 Å². The molecule has 0 bridgehead atoms. The Morgan fingerprint density at radius 2 is 1.75 bits per heavy atom. The number of phenolic OH excluding ortho intramolecular Hbond substituents is 2. The number of phenols is 2. The standard InChI is InChI=1S/C21H16N4O3/c26-16-8-9-17(20(27)13-16)19-10-12-23-25(19)15-6-4-14(5-7-15)24-21(28)18-3-1-2-11-22-18/h1-13,26-27H,(H,24,28). The van der Waals surface area contributed by atoms with E-state index in [0.717, 1.165) is 5.69 Å². The van der Waals surface area contributed by atoms with Crippen LogP contribution in [0.5, 0.6) is 11.5 Å². The van der Waals surface area contributed by atoms with Crippen LogP contribution in [-0.4, -0.2) is 30.9 Å². The largest absolute Gasteiger partial charge is 0.508 e. The van der Waals surface area contributed by atoms with Crippen molar-refractivity contribution in [2.45, 2.75) is 0 Å². The van der Waals surface area contributed by atoms with E-state index < -0.39 is 0 Å². The average Bonchev–Trinajstić information content (AvgIpc) is 3.19. The maximum Gasteiger partial charge on any atom is 0.274 e. The molecule has 0 saturated carbocycles. The summed E-state index contributed by atoms with van der Waals surface area (Å²) in [5, 5.41) is 26.7. The van der Waals surface area contributed by atoms with Gasteiger partial charge in [0.05, 0.1) is 17.6 Å². The third kappa shape index (κ3) is 3.41. The van der Waals surface area contributed by atoms with E-state index in [1.807, 2.05) is 12.1 Å². The van der Waals surface area contributed by atoms with E-state index in [4.69, 9.17) is 0 Å². The molecule has 28 heavy (non-hydrogen) atoms. The Morgan fingerprint density at radius 1 is 0.929 bits per heavy atom. The molecule has 0 fully saturated rings. The lowest BCUT2D eigenvalue weighted by molar-refractivity contribution is 0.102. The Labute approximate surface area is 160 Å². The predicted molar refractivity (Wildman–Crippen MR) is 105 cm³/mol. The monoisotopic (exact) mass is 372 g/mol. The predicted octanol–water partition coefficient (Wildman–Crippen LogP) is 3.60. The van der Waals surface area contributed by atoms with Crippen LogP contribution < -0.4 is 5.32 Å². The molecular formula is C21H16N4O3. The van der Waals surface area contributed by atoms with E-state index in [-0.39, 0.29) is 17.4 Å². The topological polar surface area (TPSA) is 100 Å². The summed E-state index contributed by atoms with van der Waals surface area (Å²) in [6.07, 6.45) is 3.19. The number of nitrogens with zero attached hydrogens (tertiary/aromatic N) is 3. The lowest BCUT2D eigenvalue weighted by Crippen LogP contribution is -2.13. The highest BCUT2D eigenvalue weighted by molar-refractivity contribution is 6.02. The molecule has 4 aromatic rings. The van der Waals surface area contributed by atoms with Gasteiger partial charge in [-0.15, -0.1) is 0 Å². The van der Waals surface area contributed by atoms with Gasteiger partial charge in [0.2, 0.25) is 0 Å². The molecule has 0 atom stereocenters. The minimum Gasteiger partial charge on any atom is -0.508 e. The first-order valence-electron chi connectivity index (χ1n) is 8.51. The fourth-order valence-corrected chi connectivity index (χ4v) is 2.83. The van der Waals surface area contributed by atoms with E-state index in [0.29, 0.717) is 22.6 Å².